The number of hydrogen-bond acceptors (Lipinski definition) is 1. The van der Waals surface area contributed by atoms with Crippen molar-refractivity contribution in [3.63, 3.8) is 0 Å². The highest BCUT2D eigenvalue weighted by Gasteiger charge is 2.23. The lowest BCUT2D eigenvalue weighted by Crippen LogP contribution is -2.37. The van der Waals surface area contributed by atoms with E-state index in [-0.39, 0.29) is 11.7 Å². The molecular formula is C18H23FN2O. The molecule has 1 N–H and O–H groups in total. The summed E-state index contributed by atoms with van der Waals surface area (Å²) >= 11 is 0. The number of nitrogens with one attached hydrogen (secondary N) is 1. The Morgan fingerprint density at radius 2 is 1.86 bits per heavy atom. The number of benzene rings is 1. The maximum absolute atomic E-state index is 13.8. The lowest BCUT2D eigenvalue weighted by molar-refractivity contribution is 0.0702. The fourth-order valence-electron chi connectivity index (χ4n) is 3.41. The molecule has 1 aromatic carbocycles. The molecule has 0 radical (unpaired) electrons. The molecule has 1 aliphatic rings. The average Bonchev–Trinajstić information content (AvgIpc) is 2.91. The first kappa shape index (κ1) is 15.1. The van der Waals surface area contributed by atoms with Crippen molar-refractivity contribution in [1.82, 2.24) is 9.88 Å². The normalized spacial score (nSPS) is 17.2. The van der Waals surface area contributed by atoms with Crippen LogP contribution in [0.3, 0.4) is 0 Å². The number of H-pyrrole nitrogens is 1. The van der Waals surface area contributed by atoms with E-state index in [4.69, 9.17) is 0 Å². The van der Waals surface area contributed by atoms with Gasteiger partial charge < -0.3 is 9.88 Å². The minimum atomic E-state index is -0.290. The molecular weight excluding hydrogens is 279 g/mol. The van der Waals surface area contributed by atoms with Crippen LogP contribution in [0.4, 0.5) is 4.39 Å². The van der Waals surface area contributed by atoms with Gasteiger partial charge in [0.2, 0.25) is 0 Å². The van der Waals surface area contributed by atoms with Gasteiger partial charge in [-0.25, -0.2) is 4.39 Å². The lowest BCUT2D eigenvalue weighted by atomic mass is 9.95. The van der Waals surface area contributed by atoms with Crippen LogP contribution in [-0.4, -0.2) is 28.9 Å². The Morgan fingerprint density at radius 1 is 1.18 bits per heavy atom. The molecule has 0 saturated heterocycles. The van der Waals surface area contributed by atoms with Gasteiger partial charge in [-0.1, -0.05) is 38.2 Å². The Kier molecular flexibility index (Phi) is 4.46. The van der Waals surface area contributed by atoms with Gasteiger partial charge in [0.25, 0.3) is 5.91 Å². The van der Waals surface area contributed by atoms with Gasteiger partial charge in [0.15, 0.2) is 0 Å². The van der Waals surface area contributed by atoms with Gasteiger partial charge in [-0.15, -0.1) is 0 Å². The highest BCUT2D eigenvalue weighted by molar-refractivity contribution is 5.98. The molecule has 0 aliphatic heterocycles. The number of halogens is 1. The first-order valence-electron chi connectivity index (χ1n) is 8.21. The number of rotatable bonds is 2. The fourth-order valence-corrected chi connectivity index (χ4v) is 3.41. The van der Waals surface area contributed by atoms with Crippen molar-refractivity contribution in [3.8, 4) is 0 Å². The SMILES string of the molecule is CN(C(=O)c1cc2c(F)cccc2[nH]1)C1CCCCCCC1. The molecule has 1 aromatic heterocycles. The van der Waals surface area contributed by atoms with Crippen LogP contribution < -0.4 is 0 Å². The standard InChI is InChI=1S/C18H23FN2O/c1-21(13-8-5-3-2-4-6-9-13)18(22)17-12-14-15(19)10-7-11-16(14)20-17/h7,10-13,20H,2-6,8-9H2,1H3. The molecule has 3 rings (SSSR count). The first-order chi connectivity index (χ1) is 10.7. The Bertz CT molecular complexity index is 656. The summed E-state index contributed by atoms with van der Waals surface area (Å²) < 4.78 is 13.8. The van der Waals surface area contributed by atoms with E-state index in [9.17, 15) is 9.18 Å². The Hall–Kier alpha value is -1.84. The van der Waals surface area contributed by atoms with Gasteiger partial charge in [-0.2, -0.15) is 0 Å². The van der Waals surface area contributed by atoms with Crippen LogP contribution >= 0.6 is 0 Å². The molecule has 1 heterocycles. The molecule has 0 atom stereocenters. The summed E-state index contributed by atoms with van der Waals surface area (Å²) in [6, 6.07) is 6.80. The zero-order chi connectivity index (χ0) is 15.5. The third kappa shape index (κ3) is 3.01. The Labute approximate surface area is 130 Å². The number of carbonyl (C=O) groups is 1. The van der Waals surface area contributed by atoms with Crippen molar-refractivity contribution in [2.75, 3.05) is 7.05 Å². The second-order valence-electron chi connectivity index (χ2n) is 6.30. The molecule has 3 nitrogen and oxygen atoms in total. The van der Waals surface area contributed by atoms with E-state index >= 15 is 0 Å². The maximum Gasteiger partial charge on any atom is 0.270 e. The summed E-state index contributed by atoms with van der Waals surface area (Å²) in [5.41, 5.74) is 1.15. The van der Waals surface area contributed by atoms with Crippen LogP contribution in [0.2, 0.25) is 0 Å². The van der Waals surface area contributed by atoms with Crippen molar-refractivity contribution in [1.29, 1.82) is 0 Å². The Morgan fingerprint density at radius 3 is 2.55 bits per heavy atom. The first-order valence-corrected chi connectivity index (χ1v) is 8.21. The summed E-state index contributed by atoms with van der Waals surface area (Å²) in [4.78, 5) is 17.6. The lowest BCUT2D eigenvalue weighted by Gasteiger charge is -2.29. The van der Waals surface area contributed by atoms with E-state index in [0.29, 0.717) is 22.6 Å². The smallest absolute Gasteiger partial charge is 0.270 e. The molecule has 1 aliphatic carbocycles. The van der Waals surface area contributed by atoms with E-state index in [0.717, 1.165) is 12.8 Å². The minimum absolute atomic E-state index is 0.0406. The Balaban J connectivity index is 1.80. The topological polar surface area (TPSA) is 36.1 Å². The molecule has 118 valence electrons. The van der Waals surface area contributed by atoms with Gasteiger partial charge >= 0.3 is 0 Å². The predicted molar refractivity (Wildman–Crippen MR) is 86.5 cm³/mol. The second kappa shape index (κ2) is 6.51. The maximum atomic E-state index is 13.8. The molecule has 1 amide bonds. The molecule has 0 bridgehead atoms. The van der Waals surface area contributed by atoms with Crippen LogP contribution in [0.25, 0.3) is 10.9 Å². The van der Waals surface area contributed by atoms with Crippen molar-refractivity contribution in [2.45, 2.75) is 51.0 Å². The van der Waals surface area contributed by atoms with E-state index < -0.39 is 0 Å². The van der Waals surface area contributed by atoms with Gasteiger partial charge in [0.05, 0.1) is 0 Å². The highest BCUT2D eigenvalue weighted by Crippen LogP contribution is 2.24. The largest absolute Gasteiger partial charge is 0.350 e. The molecule has 1 saturated carbocycles. The molecule has 1 fully saturated rings. The van der Waals surface area contributed by atoms with Gasteiger partial charge in [0, 0.05) is 24.0 Å². The van der Waals surface area contributed by atoms with Crippen LogP contribution in [0.5, 0.6) is 0 Å². The van der Waals surface area contributed by atoms with Crippen LogP contribution in [0, 0.1) is 5.82 Å². The van der Waals surface area contributed by atoms with Gasteiger partial charge in [0.1, 0.15) is 11.5 Å². The summed E-state index contributed by atoms with van der Waals surface area (Å²) in [5.74, 6) is -0.331. The molecule has 0 unspecified atom stereocenters. The number of aromatic amines is 1. The summed E-state index contributed by atoms with van der Waals surface area (Å²) in [6.07, 6.45) is 8.33. The third-order valence-corrected chi connectivity index (χ3v) is 4.78. The number of fused-ring (bicyclic) bond motifs is 1. The van der Waals surface area contributed by atoms with Crippen LogP contribution in [0.15, 0.2) is 24.3 Å². The van der Waals surface area contributed by atoms with Gasteiger partial charge in [-0.3, -0.25) is 4.79 Å². The monoisotopic (exact) mass is 302 g/mol. The van der Waals surface area contributed by atoms with Crippen LogP contribution in [-0.2, 0) is 0 Å². The predicted octanol–water partition coefficient (Wildman–Crippen LogP) is 4.49. The zero-order valence-electron chi connectivity index (χ0n) is 13.1. The summed E-state index contributed by atoms with van der Waals surface area (Å²) in [7, 11) is 1.87. The van der Waals surface area contributed by atoms with E-state index in [1.54, 1.807) is 18.2 Å². The summed E-state index contributed by atoms with van der Waals surface area (Å²) in [5, 5.41) is 0.483. The van der Waals surface area contributed by atoms with Crippen molar-refractivity contribution >= 4 is 16.8 Å². The molecule has 22 heavy (non-hydrogen) atoms. The van der Waals surface area contributed by atoms with Gasteiger partial charge in [-0.05, 0) is 31.0 Å². The number of carbonyl (C=O) groups excluding carboxylic acids is 1. The van der Waals surface area contributed by atoms with Crippen molar-refractivity contribution in [2.24, 2.45) is 0 Å². The zero-order valence-corrected chi connectivity index (χ0v) is 13.1. The van der Waals surface area contributed by atoms with Crippen molar-refractivity contribution in [3.05, 3.63) is 35.8 Å². The van der Waals surface area contributed by atoms with E-state index in [1.807, 2.05) is 11.9 Å². The van der Waals surface area contributed by atoms with Crippen molar-refractivity contribution < 1.29 is 9.18 Å². The number of amides is 1. The molecule has 2 aromatic rings. The second-order valence-corrected chi connectivity index (χ2v) is 6.30. The quantitative estimate of drug-likeness (QED) is 0.871. The van der Waals surface area contributed by atoms with E-state index in [2.05, 4.69) is 4.98 Å². The minimum Gasteiger partial charge on any atom is -0.350 e. The van der Waals surface area contributed by atoms with E-state index in [1.165, 1.54) is 38.2 Å². The average molecular weight is 302 g/mol. The number of nitrogens with zero attached hydrogens (tertiary/aromatic N) is 1. The molecule has 0 spiro atoms. The third-order valence-electron chi connectivity index (χ3n) is 4.78. The number of aromatic nitrogens is 1. The molecule has 4 heteroatoms. The van der Waals surface area contributed by atoms with Crippen LogP contribution in [0.1, 0.15) is 55.4 Å². The number of hydrogen-bond donors (Lipinski definition) is 1. The summed E-state index contributed by atoms with van der Waals surface area (Å²) in [6.45, 7) is 0. The highest BCUT2D eigenvalue weighted by atomic mass is 19.1. The fraction of sp³-hybridized carbons (Fsp3) is 0.500.